The van der Waals surface area contributed by atoms with Gasteiger partial charge in [-0.2, -0.15) is 0 Å². The predicted molar refractivity (Wildman–Crippen MR) is 86.9 cm³/mol. The van der Waals surface area contributed by atoms with Crippen LogP contribution in [-0.2, 0) is 14.3 Å². The van der Waals surface area contributed by atoms with Crippen LogP contribution in [0.15, 0.2) is 0 Å². The first kappa shape index (κ1) is 16.7. The summed E-state index contributed by atoms with van der Waals surface area (Å²) in [7, 11) is 1.82. The number of hydrogen-bond donors (Lipinski definition) is 0. The van der Waals surface area contributed by atoms with Gasteiger partial charge >= 0.3 is 0 Å². The summed E-state index contributed by atoms with van der Waals surface area (Å²) in [4.78, 5) is 31.0. The number of nitrogens with zero attached hydrogens (tertiary/aromatic N) is 3. The lowest BCUT2D eigenvalue weighted by Crippen LogP contribution is -2.48. The molecule has 3 heterocycles. The molecular weight excluding hydrogens is 294 g/mol. The molecule has 3 aliphatic rings. The summed E-state index contributed by atoms with van der Waals surface area (Å²) in [6, 6.07) is 0.454. The van der Waals surface area contributed by atoms with Crippen LogP contribution >= 0.6 is 0 Å². The van der Waals surface area contributed by atoms with Gasteiger partial charge in [0.05, 0.1) is 13.2 Å². The van der Waals surface area contributed by atoms with Gasteiger partial charge in [0.2, 0.25) is 11.8 Å². The van der Waals surface area contributed by atoms with Crippen LogP contribution in [0.2, 0.25) is 0 Å². The molecule has 0 radical (unpaired) electrons. The molecule has 0 aromatic carbocycles. The summed E-state index contributed by atoms with van der Waals surface area (Å²) in [5.41, 5.74) is 0. The van der Waals surface area contributed by atoms with Gasteiger partial charge in [0.15, 0.2) is 0 Å². The number of hydrogen-bond acceptors (Lipinski definition) is 4. The van der Waals surface area contributed by atoms with Gasteiger partial charge in [-0.25, -0.2) is 0 Å². The van der Waals surface area contributed by atoms with Crippen LogP contribution in [0.4, 0.5) is 0 Å². The second-order valence-electron chi connectivity index (χ2n) is 7.13. The summed E-state index contributed by atoms with van der Waals surface area (Å²) in [6.07, 6.45) is 2.28. The third-order valence-corrected chi connectivity index (χ3v) is 5.77. The monoisotopic (exact) mass is 323 g/mol. The molecular formula is C17H29N3O3. The van der Waals surface area contributed by atoms with Gasteiger partial charge in [0.25, 0.3) is 0 Å². The highest BCUT2D eigenvalue weighted by atomic mass is 16.5. The molecule has 0 spiro atoms. The van der Waals surface area contributed by atoms with Crippen molar-refractivity contribution in [1.29, 1.82) is 0 Å². The topological polar surface area (TPSA) is 53.1 Å². The number of morpholine rings is 1. The minimum absolute atomic E-state index is 0.102. The molecule has 6 nitrogen and oxygen atoms in total. The largest absolute Gasteiger partial charge is 0.379 e. The minimum atomic E-state index is -0.111. The van der Waals surface area contributed by atoms with Crippen LogP contribution in [0.5, 0.6) is 0 Å². The molecule has 6 heteroatoms. The third-order valence-electron chi connectivity index (χ3n) is 5.77. The van der Waals surface area contributed by atoms with E-state index in [0.717, 1.165) is 52.2 Å². The Morgan fingerprint density at radius 1 is 1.22 bits per heavy atom. The summed E-state index contributed by atoms with van der Waals surface area (Å²) in [6.45, 7) is 8.11. The third kappa shape index (κ3) is 3.53. The smallest absolute Gasteiger partial charge is 0.226 e. The molecule has 0 N–H and O–H groups in total. The molecule has 3 atom stereocenters. The normalized spacial score (nSPS) is 33.3. The van der Waals surface area contributed by atoms with Crippen LogP contribution in [0, 0.1) is 11.8 Å². The number of piperidine rings is 1. The zero-order valence-electron chi connectivity index (χ0n) is 14.4. The quantitative estimate of drug-likeness (QED) is 0.756. The Bertz CT molecular complexity index is 450. The lowest BCUT2D eigenvalue weighted by atomic mass is 9.95. The number of rotatable bonds is 3. The van der Waals surface area contributed by atoms with Crippen molar-refractivity contribution in [3.63, 3.8) is 0 Å². The van der Waals surface area contributed by atoms with Crippen LogP contribution in [0.25, 0.3) is 0 Å². The van der Waals surface area contributed by atoms with Crippen LogP contribution < -0.4 is 0 Å². The van der Waals surface area contributed by atoms with Gasteiger partial charge < -0.3 is 14.5 Å². The molecule has 0 bridgehead atoms. The first-order chi connectivity index (χ1) is 11.1. The van der Waals surface area contributed by atoms with Crippen molar-refractivity contribution >= 4 is 11.8 Å². The number of carbonyl (C=O) groups is 2. The van der Waals surface area contributed by atoms with E-state index in [1.807, 2.05) is 11.9 Å². The molecule has 0 saturated carbocycles. The number of amides is 2. The fourth-order valence-electron chi connectivity index (χ4n) is 4.17. The maximum atomic E-state index is 12.9. The average Bonchev–Trinajstić information content (AvgIpc) is 3.02. The molecule has 0 unspecified atom stereocenters. The molecule has 2 amide bonds. The Morgan fingerprint density at radius 3 is 2.61 bits per heavy atom. The highest BCUT2D eigenvalue weighted by Gasteiger charge is 2.40. The maximum Gasteiger partial charge on any atom is 0.226 e. The average molecular weight is 323 g/mol. The molecule has 0 aromatic rings. The van der Waals surface area contributed by atoms with E-state index < -0.39 is 0 Å². The lowest BCUT2D eigenvalue weighted by Gasteiger charge is -2.35. The van der Waals surface area contributed by atoms with Crippen molar-refractivity contribution < 1.29 is 14.3 Å². The maximum absolute atomic E-state index is 12.9. The van der Waals surface area contributed by atoms with E-state index in [-0.39, 0.29) is 17.7 Å². The fourth-order valence-corrected chi connectivity index (χ4v) is 4.17. The van der Waals surface area contributed by atoms with Crippen LogP contribution in [-0.4, -0.2) is 85.5 Å². The summed E-state index contributed by atoms with van der Waals surface area (Å²) in [5.74, 6) is 0.727. The van der Waals surface area contributed by atoms with E-state index >= 15 is 0 Å². The van der Waals surface area contributed by atoms with Gasteiger partial charge in [-0.15, -0.1) is 0 Å². The minimum Gasteiger partial charge on any atom is -0.379 e. The molecule has 3 rings (SSSR count). The standard InChI is InChI=1S/C17H29N3O3/c1-3-13-11-20(12-15(13)19-6-8-23-9-7-19)17(22)14-4-5-18(2)16(21)10-14/h13-15H,3-12H2,1-2H3/t13-,14-,15-/m1/s1. The van der Waals surface area contributed by atoms with Crippen molar-refractivity contribution in [2.24, 2.45) is 11.8 Å². The van der Waals surface area contributed by atoms with Crippen molar-refractivity contribution in [3.8, 4) is 0 Å². The van der Waals surface area contributed by atoms with E-state index in [2.05, 4.69) is 11.8 Å². The Kier molecular flexibility index (Phi) is 5.21. The number of carbonyl (C=O) groups excluding carboxylic acids is 2. The Balaban J connectivity index is 1.62. The number of ether oxygens (including phenoxy) is 1. The van der Waals surface area contributed by atoms with Gasteiger partial charge in [-0.05, 0) is 12.3 Å². The van der Waals surface area contributed by atoms with E-state index in [9.17, 15) is 9.59 Å². The lowest BCUT2D eigenvalue weighted by molar-refractivity contribution is -0.143. The van der Waals surface area contributed by atoms with E-state index in [1.54, 1.807) is 4.90 Å². The highest BCUT2D eigenvalue weighted by Crippen LogP contribution is 2.29. The second-order valence-corrected chi connectivity index (χ2v) is 7.13. The Morgan fingerprint density at radius 2 is 1.96 bits per heavy atom. The Hall–Kier alpha value is -1.14. The van der Waals surface area contributed by atoms with E-state index in [4.69, 9.17) is 4.74 Å². The van der Waals surface area contributed by atoms with Crippen LogP contribution in [0.3, 0.4) is 0 Å². The fraction of sp³-hybridized carbons (Fsp3) is 0.882. The van der Waals surface area contributed by atoms with Crippen molar-refractivity contribution in [2.75, 3.05) is 53.0 Å². The van der Waals surface area contributed by atoms with Gasteiger partial charge in [-0.1, -0.05) is 13.3 Å². The first-order valence-electron chi connectivity index (χ1n) is 8.94. The predicted octanol–water partition coefficient (Wildman–Crippen LogP) is 0.424. The van der Waals surface area contributed by atoms with Crippen molar-refractivity contribution in [2.45, 2.75) is 32.2 Å². The summed E-state index contributed by atoms with van der Waals surface area (Å²) >= 11 is 0. The molecule has 3 aliphatic heterocycles. The van der Waals surface area contributed by atoms with Gasteiger partial charge in [0, 0.05) is 58.2 Å². The highest BCUT2D eigenvalue weighted by molar-refractivity contribution is 5.87. The van der Waals surface area contributed by atoms with Crippen LogP contribution in [0.1, 0.15) is 26.2 Å². The second kappa shape index (κ2) is 7.18. The zero-order chi connectivity index (χ0) is 16.4. The van der Waals surface area contributed by atoms with Gasteiger partial charge in [-0.3, -0.25) is 14.5 Å². The van der Waals surface area contributed by atoms with Crippen molar-refractivity contribution in [3.05, 3.63) is 0 Å². The molecule has 3 saturated heterocycles. The Labute approximate surface area is 138 Å². The van der Waals surface area contributed by atoms with Crippen molar-refractivity contribution in [1.82, 2.24) is 14.7 Å². The molecule has 0 aromatic heterocycles. The molecule has 130 valence electrons. The van der Waals surface area contributed by atoms with E-state index in [1.165, 1.54) is 0 Å². The SMILES string of the molecule is CC[C@@H]1CN(C(=O)[C@@H]2CCN(C)C(=O)C2)C[C@H]1N1CCOCC1. The van der Waals surface area contributed by atoms with E-state index in [0.29, 0.717) is 24.9 Å². The number of likely N-dealkylation sites (tertiary alicyclic amines) is 2. The zero-order valence-corrected chi connectivity index (χ0v) is 14.4. The summed E-state index contributed by atoms with van der Waals surface area (Å²) < 4.78 is 5.46. The molecule has 23 heavy (non-hydrogen) atoms. The molecule has 3 fully saturated rings. The summed E-state index contributed by atoms with van der Waals surface area (Å²) in [5, 5.41) is 0. The molecule has 0 aliphatic carbocycles. The first-order valence-corrected chi connectivity index (χ1v) is 8.94. The van der Waals surface area contributed by atoms with Gasteiger partial charge in [0.1, 0.15) is 0 Å².